The van der Waals surface area contributed by atoms with Crippen molar-refractivity contribution >= 4 is 15.9 Å². The minimum Gasteiger partial charge on any atom is -0.381 e. The summed E-state index contributed by atoms with van der Waals surface area (Å²) in [7, 11) is 0. The van der Waals surface area contributed by atoms with Crippen molar-refractivity contribution in [1.29, 1.82) is 0 Å². The van der Waals surface area contributed by atoms with E-state index in [2.05, 4.69) is 59.7 Å². The summed E-state index contributed by atoms with van der Waals surface area (Å²) in [6.07, 6.45) is 3.80. The third kappa shape index (κ3) is 3.62. The number of tetrazole rings is 1. The lowest BCUT2D eigenvalue weighted by molar-refractivity contribution is 0.161. The first kappa shape index (κ1) is 15.2. The molecule has 1 aromatic carbocycles. The summed E-state index contributed by atoms with van der Waals surface area (Å²) >= 11 is 3.54. The van der Waals surface area contributed by atoms with E-state index in [-0.39, 0.29) is 0 Å². The Labute approximate surface area is 143 Å². The molecular formula is C16H20BrN5O. The highest BCUT2D eigenvalue weighted by molar-refractivity contribution is 9.10. The van der Waals surface area contributed by atoms with Crippen molar-refractivity contribution in [2.75, 3.05) is 19.8 Å². The quantitative estimate of drug-likeness (QED) is 0.837. The molecule has 0 radical (unpaired) electrons. The third-order valence-corrected chi connectivity index (χ3v) is 5.10. The highest BCUT2D eigenvalue weighted by Gasteiger charge is 2.32. The molecule has 0 amide bonds. The van der Waals surface area contributed by atoms with Gasteiger partial charge in [0, 0.05) is 35.8 Å². The molecule has 2 heterocycles. The van der Waals surface area contributed by atoms with Gasteiger partial charge in [-0.1, -0.05) is 22.0 Å². The lowest BCUT2D eigenvalue weighted by Crippen LogP contribution is -2.31. The fourth-order valence-electron chi connectivity index (χ4n) is 3.23. The number of nitrogens with zero attached hydrogens (tertiary/aromatic N) is 4. The summed E-state index contributed by atoms with van der Waals surface area (Å²) in [6.45, 7) is 3.86. The molecule has 1 unspecified atom stereocenters. The van der Waals surface area contributed by atoms with Crippen molar-refractivity contribution in [3.8, 4) is 11.4 Å². The number of aromatic nitrogens is 4. The molecule has 1 saturated carbocycles. The minimum atomic E-state index is 0.654. The standard InChI is InChI=1S/C16H20BrN5O/c17-13-2-1-12(15(7-13)16-18-20-21-19-16)9-22(14-3-4-14)8-11-5-6-23-10-11/h1-2,7,11,14H,3-6,8-10H2,(H,18,19,20,21). The number of rotatable bonds is 6. The first-order valence-corrected chi connectivity index (χ1v) is 8.93. The molecule has 23 heavy (non-hydrogen) atoms. The van der Waals surface area contributed by atoms with Gasteiger partial charge in [0.05, 0.1) is 6.61 Å². The van der Waals surface area contributed by atoms with Gasteiger partial charge in [-0.3, -0.25) is 4.90 Å². The van der Waals surface area contributed by atoms with Gasteiger partial charge in [0.2, 0.25) is 5.82 Å². The van der Waals surface area contributed by atoms with Crippen molar-refractivity contribution in [3.63, 3.8) is 0 Å². The Morgan fingerprint density at radius 1 is 1.30 bits per heavy atom. The molecule has 1 aromatic heterocycles. The average molecular weight is 378 g/mol. The van der Waals surface area contributed by atoms with E-state index in [9.17, 15) is 0 Å². The average Bonchev–Trinajstić information content (AvgIpc) is 3.03. The van der Waals surface area contributed by atoms with Crippen LogP contribution in [0.3, 0.4) is 0 Å². The lowest BCUT2D eigenvalue weighted by atomic mass is 10.0. The number of aromatic amines is 1. The van der Waals surface area contributed by atoms with Crippen molar-refractivity contribution in [1.82, 2.24) is 25.5 Å². The van der Waals surface area contributed by atoms with Gasteiger partial charge >= 0.3 is 0 Å². The highest BCUT2D eigenvalue weighted by atomic mass is 79.9. The van der Waals surface area contributed by atoms with E-state index in [1.165, 1.54) is 24.8 Å². The molecule has 1 atom stereocenters. The topological polar surface area (TPSA) is 66.9 Å². The molecule has 2 fully saturated rings. The van der Waals surface area contributed by atoms with Crippen LogP contribution in [0.1, 0.15) is 24.8 Å². The second-order valence-corrected chi connectivity index (χ2v) is 7.34. The fourth-order valence-corrected chi connectivity index (χ4v) is 3.59. The monoisotopic (exact) mass is 377 g/mol. The maximum absolute atomic E-state index is 5.54. The van der Waals surface area contributed by atoms with Crippen LogP contribution in [-0.4, -0.2) is 51.3 Å². The Hall–Kier alpha value is -1.31. The molecule has 6 nitrogen and oxygen atoms in total. The Morgan fingerprint density at radius 2 is 2.22 bits per heavy atom. The normalized spacial score (nSPS) is 21.2. The molecule has 1 saturated heterocycles. The second kappa shape index (κ2) is 6.67. The van der Waals surface area contributed by atoms with Gasteiger partial charge in [0.15, 0.2) is 0 Å². The molecule has 0 bridgehead atoms. The number of hydrogen-bond acceptors (Lipinski definition) is 5. The molecule has 1 aliphatic carbocycles. The van der Waals surface area contributed by atoms with Gasteiger partial charge in [-0.25, -0.2) is 0 Å². The van der Waals surface area contributed by atoms with E-state index < -0.39 is 0 Å². The zero-order chi connectivity index (χ0) is 15.6. The van der Waals surface area contributed by atoms with Crippen molar-refractivity contribution in [2.45, 2.75) is 31.8 Å². The summed E-state index contributed by atoms with van der Waals surface area (Å²) in [5.41, 5.74) is 2.29. The number of hydrogen-bond donors (Lipinski definition) is 1. The summed E-state index contributed by atoms with van der Waals surface area (Å²) in [5, 5.41) is 14.5. The molecule has 2 aliphatic rings. The molecular weight excluding hydrogens is 358 g/mol. The van der Waals surface area contributed by atoms with Crippen LogP contribution in [0.4, 0.5) is 0 Å². The number of benzene rings is 1. The predicted octanol–water partition coefficient (Wildman–Crippen LogP) is 2.63. The van der Waals surface area contributed by atoms with Crippen LogP contribution < -0.4 is 0 Å². The first-order valence-electron chi connectivity index (χ1n) is 8.13. The lowest BCUT2D eigenvalue weighted by Gasteiger charge is -2.25. The van der Waals surface area contributed by atoms with Crippen LogP contribution in [0.15, 0.2) is 22.7 Å². The van der Waals surface area contributed by atoms with Crippen molar-refractivity contribution in [3.05, 3.63) is 28.2 Å². The molecule has 0 spiro atoms. The smallest absolute Gasteiger partial charge is 0.205 e. The minimum absolute atomic E-state index is 0.654. The molecule has 1 aliphatic heterocycles. The van der Waals surface area contributed by atoms with E-state index in [1.807, 2.05) is 0 Å². The number of nitrogens with one attached hydrogen (secondary N) is 1. The van der Waals surface area contributed by atoms with Crippen LogP contribution in [0.25, 0.3) is 11.4 Å². The predicted molar refractivity (Wildman–Crippen MR) is 89.7 cm³/mol. The largest absolute Gasteiger partial charge is 0.381 e. The molecule has 7 heteroatoms. The number of ether oxygens (including phenoxy) is 1. The van der Waals surface area contributed by atoms with Gasteiger partial charge in [-0.2, -0.15) is 5.21 Å². The van der Waals surface area contributed by atoms with Crippen LogP contribution in [-0.2, 0) is 11.3 Å². The van der Waals surface area contributed by atoms with E-state index in [1.54, 1.807) is 0 Å². The van der Waals surface area contributed by atoms with Crippen LogP contribution in [0, 0.1) is 5.92 Å². The first-order chi connectivity index (χ1) is 11.3. The molecule has 1 N–H and O–H groups in total. The van der Waals surface area contributed by atoms with Gasteiger partial charge in [-0.15, -0.1) is 10.2 Å². The van der Waals surface area contributed by atoms with Crippen LogP contribution in [0.2, 0.25) is 0 Å². The fraction of sp³-hybridized carbons (Fsp3) is 0.562. The van der Waals surface area contributed by atoms with E-state index in [4.69, 9.17) is 4.74 Å². The Bertz CT molecular complexity index is 652. The Balaban J connectivity index is 1.56. The van der Waals surface area contributed by atoms with Crippen molar-refractivity contribution < 1.29 is 4.74 Å². The van der Waals surface area contributed by atoms with E-state index >= 15 is 0 Å². The van der Waals surface area contributed by atoms with E-state index in [0.717, 1.165) is 42.4 Å². The van der Waals surface area contributed by atoms with Crippen molar-refractivity contribution in [2.24, 2.45) is 5.92 Å². The number of H-pyrrole nitrogens is 1. The molecule has 2 aromatic rings. The highest BCUT2D eigenvalue weighted by Crippen LogP contribution is 2.32. The van der Waals surface area contributed by atoms with Gasteiger partial charge in [-0.05, 0) is 48.1 Å². The number of halogens is 1. The maximum atomic E-state index is 5.54. The van der Waals surface area contributed by atoms with Gasteiger partial charge in [0.25, 0.3) is 0 Å². The second-order valence-electron chi connectivity index (χ2n) is 6.43. The SMILES string of the molecule is Brc1ccc(CN(CC2CCOC2)C2CC2)c(-c2nn[nH]n2)c1. The molecule has 122 valence electrons. The maximum Gasteiger partial charge on any atom is 0.205 e. The summed E-state index contributed by atoms with van der Waals surface area (Å²) in [6, 6.07) is 7.04. The molecule has 4 rings (SSSR count). The van der Waals surface area contributed by atoms with Gasteiger partial charge in [0.1, 0.15) is 0 Å². The Kier molecular flexibility index (Phi) is 4.41. The van der Waals surface area contributed by atoms with Crippen LogP contribution in [0.5, 0.6) is 0 Å². The van der Waals surface area contributed by atoms with Gasteiger partial charge < -0.3 is 4.74 Å². The summed E-state index contributed by atoms with van der Waals surface area (Å²) < 4.78 is 6.57. The summed E-state index contributed by atoms with van der Waals surface area (Å²) in [5.74, 6) is 1.32. The summed E-state index contributed by atoms with van der Waals surface area (Å²) in [4.78, 5) is 2.60. The third-order valence-electron chi connectivity index (χ3n) is 4.61. The van der Waals surface area contributed by atoms with Crippen LogP contribution >= 0.6 is 15.9 Å². The Morgan fingerprint density at radius 3 is 2.91 bits per heavy atom. The zero-order valence-electron chi connectivity index (χ0n) is 12.9. The zero-order valence-corrected chi connectivity index (χ0v) is 14.5. The van der Waals surface area contributed by atoms with E-state index in [0.29, 0.717) is 11.7 Å².